The molecule has 2 heterocycles. The van der Waals surface area contributed by atoms with Gasteiger partial charge >= 0.3 is 5.97 Å². The lowest BCUT2D eigenvalue weighted by atomic mass is 9.93. The molecule has 122 valence electrons. The smallest absolute Gasteiger partial charge is 0.304 e. The van der Waals surface area contributed by atoms with Gasteiger partial charge < -0.3 is 9.84 Å². The zero-order chi connectivity index (χ0) is 16.9. The lowest BCUT2D eigenvalue weighted by molar-refractivity contribution is -0.137. The third-order valence-corrected chi connectivity index (χ3v) is 4.59. The number of carboxylic acid groups (broad SMARTS) is 1. The van der Waals surface area contributed by atoms with Gasteiger partial charge in [0.15, 0.2) is 0 Å². The van der Waals surface area contributed by atoms with E-state index in [0.29, 0.717) is 5.88 Å². The number of carbonyl (C=O) groups is 1. The molecule has 0 saturated heterocycles. The molecule has 0 spiro atoms. The molecule has 3 rings (SSSR count). The Balaban J connectivity index is 1.96. The SMILES string of the molecule is COc1ccc(-c2cccc(C(CC(=O)O)c3nccs3)c2)cn1. The van der Waals surface area contributed by atoms with Crippen LogP contribution < -0.4 is 4.74 Å². The molecule has 24 heavy (non-hydrogen) atoms. The van der Waals surface area contributed by atoms with E-state index in [1.54, 1.807) is 25.6 Å². The molecule has 0 radical (unpaired) electrons. The van der Waals surface area contributed by atoms with Crippen LogP contribution in [0, 0.1) is 0 Å². The van der Waals surface area contributed by atoms with Crippen LogP contribution in [0.3, 0.4) is 0 Å². The quantitative estimate of drug-likeness (QED) is 0.738. The van der Waals surface area contributed by atoms with Gasteiger partial charge in [0, 0.05) is 35.3 Å². The fraction of sp³-hybridized carbons (Fsp3) is 0.167. The van der Waals surface area contributed by atoms with Crippen molar-refractivity contribution in [3.63, 3.8) is 0 Å². The van der Waals surface area contributed by atoms with Gasteiger partial charge in [-0.3, -0.25) is 4.79 Å². The second kappa shape index (κ2) is 7.23. The van der Waals surface area contributed by atoms with Crippen LogP contribution in [0.2, 0.25) is 0 Å². The van der Waals surface area contributed by atoms with Crippen LogP contribution in [0.15, 0.2) is 54.2 Å². The Kier molecular flexibility index (Phi) is 4.86. The Hall–Kier alpha value is -2.73. The van der Waals surface area contributed by atoms with Crippen LogP contribution in [0.4, 0.5) is 0 Å². The number of hydrogen-bond acceptors (Lipinski definition) is 5. The molecule has 0 bridgehead atoms. The third kappa shape index (κ3) is 3.60. The first-order valence-electron chi connectivity index (χ1n) is 7.39. The molecule has 0 aliphatic carbocycles. The van der Waals surface area contributed by atoms with Crippen molar-refractivity contribution in [2.45, 2.75) is 12.3 Å². The van der Waals surface area contributed by atoms with Crippen LogP contribution >= 0.6 is 11.3 Å². The molecule has 6 heteroatoms. The lowest BCUT2D eigenvalue weighted by Gasteiger charge is -2.14. The number of hydrogen-bond donors (Lipinski definition) is 1. The summed E-state index contributed by atoms with van der Waals surface area (Å²) in [5, 5.41) is 11.9. The van der Waals surface area contributed by atoms with Crippen LogP contribution in [0.25, 0.3) is 11.1 Å². The summed E-state index contributed by atoms with van der Waals surface area (Å²) in [6.45, 7) is 0. The Bertz CT molecular complexity index is 817. The molecular formula is C18H16N2O3S. The highest BCUT2D eigenvalue weighted by Crippen LogP contribution is 2.32. The van der Waals surface area contributed by atoms with Crippen LogP contribution in [0.5, 0.6) is 5.88 Å². The van der Waals surface area contributed by atoms with E-state index in [9.17, 15) is 9.90 Å². The van der Waals surface area contributed by atoms with Crippen LogP contribution in [-0.4, -0.2) is 28.2 Å². The first kappa shape index (κ1) is 16.1. The first-order chi connectivity index (χ1) is 11.7. The van der Waals surface area contributed by atoms with E-state index >= 15 is 0 Å². The maximum atomic E-state index is 11.3. The summed E-state index contributed by atoms with van der Waals surface area (Å²) in [5.74, 6) is -0.540. The summed E-state index contributed by atoms with van der Waals surface area (Å²) in [6, 6.07) is 11.6. The second-order valence-electron chi connectivity index (χ2n) is 5.24. The van der Waals surface area contributed by atoms with Crippen LogP contribution in [0.1, 0.15) is 22.9 Å². The van der Waals surface area contributed by atoms with Gasteiger partial charge in [-0.05, 0) is 17.2 Å². The fourth-order valence-corrected chi connectivity index (χ4v) is 3.30. The average Bonchev–Trinajstić information content (AvgIpc) is 3.14. The third-order valence-electron chi connectivity index (χ3n) is 3.70. The summed E-state index contributed by atoms with van der Waals surface area (Å²) < 4.78 is 5.08. The zero-order valence-corrected chi connectivity index (χ0v) is 13.9. The molecule has 5 nitrogen and oxygen atoms in total. The number of ether oxygens (including phenoxy) is 1. The van der Waals surface area contributed by atoms with E-state index in [1.165, 1.54) is 11.3 Å². The van der Waals surface area contributed by atoms with Crippen molar-refractivity contribution in [2.24, 2.45) is 0 Å². The number of aliphatic carboxylic acids is 1. The maximum absolute atomic E-state index is 11.3. The van der Waals surface area contributed by atoms with Crippen molar-refractivity contribution in [3.8, 4) is 17.0 Å². The van der Waals surface area contributed by atoms with Gasteiger partial charge in [-0.2, -0.15) is 0 Å². The fourth-order valence-electron chi connectivity index (χ4n) is 2.54. The minimum absolute atomic E-state index is 0.0117. The molecule has 2 aromatic heterocycles. The first-order valence-corrected chi connectivity index (χ1v) is 8.27. The standard InChI is InChI=1S/C18H16N2O3S/c1-23-16-6-5-14(11-20-16)12-3-2-4-13(9-12)15(10-17(21)22)18-19-7-8-24-18/h2-9,11,15H,10H2,1H3,(H,21,22). The van der Waals surface area contributed by atoms with Gasteiger partial charge in [0.2, 0.25) is 5.88 Å². The summed E-state index contributed by atoms with van der Waals surface area (Å²) in [6.07, 6.45) is 3.46. The number of carboxylic acids is 1. The molecule has 0 aliphatic rings. The van der Waals surface area contributed by atoms with E-state index in [-0.39, 0.29) is 12.3 Å². The summed E-state index contributed by atoms with van der Waals surface area (Å²) in [4.78, 5) is 19.8. The molecule has 1 aromatic carbocycles. The van der Waals surface area contributed by atoms with Crippen molar-refractivity contribution in [3.05, 3.63) is 64.7 Å². The minimum Gasteiger partial charge on any atom is -0.481 e. The number of thiazole rings is 1. The summed E-state index contributed by atoms with van der Waals surface area (Å²) in [5.41, 5.74) is 2.86. The van der Waals surface area contributed by atoms with E-state index in [1.807, 2.05) is 35.7 Å². The molecule has 1 unspecified atom stereocenters. The number of aromatic nitrogens is 2. The zero-order valence-electron chi connectivity index (χ0n) is 13.0. The second-order valence-corrected chi connectivity index (χ2v) is 6.16. The molecule has 0 fully saturated rings. The lowest BCUT2D eigenvalue weighted by Crippen LogP contribution is -2.07. The van der Waals surface area contributed by atoms with E-state index < -0.39 is 5.97 Å². The van der Waals surface area contributed by atoms with Gasteiger partial charge in [0.1, 0.15) is 5.01 Å². The highest BCUT2D eigenvalue weighted by Gasteiger charge is 2.20. The minimum atomic E-state index is -0.841. The molecule has 0 aliphatic heterocycles. The molecular weight excluding hydrogens is 324 g/mol. The molecule has 1 N–H and O–H groups in total. The van der Waals surface area contributed by atoms with Crippen molar-refractivity contribution in [2.75, 3.05) is 7.11 Å². The number of benzene rings is 1. The normalized spacial score (nSPS) is 11.9. The van der Waals surface area contributed by atoms with Gasteiger partial charge in [0.25, 0.3) is 0 Å². The number of nitrogens with zero attached hydrogens (tertiary/aromatic N) is 2. The number of rotatable bonds is 6. The summed E-state index contributed by atoms with van der Waals surface area (Å²) >= 11 is 1.47. The maximum Gasteiger partial charge on any atom is 0.304 e. The largest absolute Gasteiger partial charge is 0.481 e. The number of methoxy groups -OCH3 is 1. The Morgan fingerprint density at radius 1 is 1.25 bits per heavy atom. The Morgan fingerprint density at radius 3 is 2.75 bits per heavy atom. The van der Waals surface area contributed by atoms with E-state index in [4.69, 9.17) is 4.74 Å². The molecule has 1 atom stereocenters. The molecule has 0 amide bonds. The van der Waals surface area contributed by atoms with Crippen molar-refractivity contribution < 1.29 is 14.6 Å². The van der Waals surface area contributed by atoms with Crippen LogP contribution in [-0.2, 0) is 4.79 Å². The van der Waals surface area contributed by atoms with Gasteiger partial charge in [-0.25, -0.2) is 9.97 Å². The topological polar surface area (TPSA) is 72.3 Å². The highest BCUT2D eigenvalue weighted by atomic mass is 32.1. The Labute approximate surface area is 143 Å². The predicted molar refractivity (Wildman–Crippen MR) is 92.4 cm³/mol. The summed E-state index contributed by atoms with van der Waals surface area (Å²) in [7, 11) is 1.58. The van der Waals surface area contributed by atoms with Crippen molar-refractivity contribution in [1.29, 1.82) is 0 Å². The highest BCUT2D eigenvalue weighted by molar-refractivity contribution is 7.09. The predicted octanol–water partition coefficient (Wildman–Crippen LogP) is 3.82. The molecule has 3 aromatic rings. The van der Waals surface area contributed by atoms with Crippen molar-refractivity contribution >= 4 is 17.3 Å². The van der Waals surface area contributed by atoms with Gasteiger partial charge in [-0.1, -0.05) is 24.3 Å². The van der Waals surface area contributed by atoms with E-state index in [2.05, 4.69) is 9.97 Å². The Morgan fingerprint density at radius 2 is 2.12 bits per heavy atom. The average molecular weight is 340 g/mol. The van der Waals surface area contributed by atoms with Gasteiger partial charge in [-0.15, -0.1) is 11.3 Å². The molecule has 0 saturated carbocycles. The van der Waals surface area contributed by atoms with Gasteiger partial charge in [0.05, 0.1) is 13.5 Å². The monoisotopic (exact) mass is 340 g/mol. The number of pyridine rings is 1. The van der Waals surface area contributed by atoms with Crippen molar-refractivity contribution in [1.82, 2.24) is 9.97 Å². The van der Waals surface area contributed by atoms with E-state index in [0.717, 1.165) is 21.7 Å².